The second-order valence-corrected chi connectivity index (χ2v) is 9.73. The van der Waals surface area contributed by atoms with Crippen molar-refractivity contribution in [3.8, 4) is 27.3 Å². The molecule has 4 aromatic rings. The molecule has 1 atom stereocenters. The summed E-state index contributed by atoms with van der Waals surface area (Å²) in [7, 11) is 1.62. The van der Waals surface area contributed by atoms with Crippen molar-refractivity contribution < 1.29 is 24.2 Å². The van der Waals surface area contributed by atoms with Gasteiger partial charge in [-0.25, -0.2) is 9.59 Å². The number of methoxy groups -OCH3 is 1. The van der Waals surface area contributed by atoms with Crippen LogP contribution in [0.1, 0.15) is 21.9 Å². The van der Waals surface area contributed by atoms with Gasteiger partial charge < -0.3 is 19.9 Å². The number of thiophene rings is 1. The number of carboxylic acid groups (broad SMARTS) is 1. The molecule has 0 fully saturated rings. The number of nitrogens with one attached hydrogen (secondary N) is 1. The highest BCUT2D eigenvalue weighted by Crippen LogP contribution is 2.44. The van der Waals surface area contributed by atoms with Gasteiger partial charge in [0.25, 0.3) is 0 Å². The van der Waals surface area contributed by atoms with E-state index in [2.05, 4.69) is 17.4 Å². The van der Waals surface area contributed by atoms with Crippen molar-refractivity contribution in [3.63, 3.8) is 0 Å². The lowest BCUT2D eigenvalue weighted by molar-refractivity contribution is -0.139. The van der Waals surface area contributed by atoms with E-state index in [9.17, 15) is 14.7 Å². The molecule has 1 amide bonds. The molecular formula is C29H25NO5S. The molecule has 1 unspecified atom stereocenters. The molecule has 0 radical (unpaired) electrons. The fourth-order valence-electron chi connectivity index (χ4n) is 4.58. The minimum absolute atomic E-state index is 0.0872. The lowest BCUT2D eigenvalue weighted by Gasteiger charge is -2.17. The average molecular weight is 500 g/mol. The van der Waals surface area contributed by atoms with Gasteiger partial charge in [0.1, 0.15) is 18.4 Å². The maximum absolute atomic E-state index is 12.6. The Morgan fingerprint density at radius 3 is 2.17 bits per heavy atom. The van der Waals surface area contributed by atoms with Crippen molar-refractivity contribution in [1.29, 1.82) is 0 Å². The molecule has 0 saturated heterocycles. The maximum Gasteiger partial charge on any atom is 0.407 e. The number of rotatable bonds is 8. The van der Waals surface area contributed by atoms with Crippen LogP contribution in [0, 0.1) is 0 Å². The minimum Gasteiger partial charge on any atom is -0.497 e. The summed E-state index contributed by atoms with van der Waals surface area (Å²) in [5.74, 6) is -0.424. The molecule has 3 aromatic carbocycles. The number of alkyl carbamates (subject to hydrolysis) is 1. The van der Waals surface area contributed by atoms with Gasteiger partial charge in [-0.05, 0) is 64.2 Å². The van der Waals surface area contributed by atoms with Gasteiger partial charge in [-0.1, -0.05) is 48.5 Å². The zero-order chi connectivity index (χ0) is 25.1. The third kappa shape index (κ3) is 4.83. The second kappa shape index (κ2) is 10.3. The molecule has 1 aliphatic rings. The molecular weight excluding hydrogens is 474 g/mol. The number of ether oxygens (including phenoxy) is 2. The molecule has 5 rings (SSSR count). The Bertz CT molecular complexity index is 1350. The van der Waals surface area contributed by atoms with Crippen LogP contribution in [-0.2, 0) is 16.0 Å². The normalized spacial score (nSPS) is 12.9. The Balaban J connectivity index is 1.23. The van der Waals surface area contributed by atoms with Crippen LogP contribution in [0.5, 0.6) is 5.75 Å². The van der Waals surface area contributed by atoms with E-state index in [0.717, 1.165) is 43.3 Å². The summed E-state index contributed by atoms with van der Waals surface area (Å²) in [5, 5.41) is 12.3. The summed E-state index contributed by atoms with van der Waals surface area (Å²) in [6.45, 7) is 0.132. The zero-order valence-corrected chi connectivity index (χ0v) is 20.5. The molecule has 0 bridgehead atoms. The van der Waals surface area contributed by atoms with Crippen molar-refractivity contribution in [2.24, 2.45) is 0 Å². The lowest BCUT2D eigenvalue weighted by Crippen LogP contribution is -2.42. The van der Waals surface area contributed by atoms with E-state index in [1.807, 2.05) is 72.8 Å². The highest BCUT2D eigenvalue weighted by molar-refractivity contribution is 7.15. The van der Waals surface area contributed by atoms with E-state index in [0.29, 0.717) is 0 Å². The molecule has 7 heteroatoms. The number of carbonyl (C=O) groups is 2. The maximum atomic E-state index is 12.6. The first-order valence-electron chi connectivity index (χ1n) is 11.6. The third-order valence-electron chi connectivity index (χ3n) is 6.38. The molecule has 1 aromatic heterocycles. The van der Waals surface area contributed by atoms with Crippen LogP contribution in [0.4, 0.5) is 4.79 Å². The van der Waals surface area contributed by atoms with Gasteiger partial charge in [0, 0.05) is 22.1 Å². The number of carboxylic acids is 1. The first-order valence-corrected chi connectivity index (χ1v) is 12.4. The van der Waals surface area contributed by atoms with Gasteiger partial charge in [0.15, 0.2) is 0 Å². The van der Waals surface area contributed by atoms with Crippen LogP contribution in [-0.4, -0.2) is 36.9 Å². The Kier molecular flexibility index (Phi) is 6.73. The smallest absolute Gasteiger partial charge is 0.407 e. The van der Waals surface area contributed by atoms with Crippen molar-refractivity contribution >= 4 is 23.4 Å². The molecule has 6 nitrogen and oxygen atoms in total. The summed E-state index contributed by atoms with van der Waals surface area (Å²) in [6, 6.07) is 26.6. The highest BCUT2D eigenvalue weighted by Gasteiger charge is 2.30. The summed E-state index contributed by atoms with van der Waals surface area (Å²) in [4.78, 5) is 26.4. The largest absolute Gasteiger partial charge is 0.497 e. The number of benzene rings is 3. The van der Waals surface area contributed by atoms with Crippen LogP contribution < -0.4 is 10.1 Å². The van der Waals surface area contributed by atoms with Crippen LogP contribution in [0.25, 0.3) is 21.6 Å². The SMILES string of the molecule is COc1ccc(-c2ccc(CC(NC(=O)OCC3c4ccccc4-c4ccccc43)C(=O)O)s2)cc1. The highest BCUT2D eigenvalue weighted by atomic mass is 32.1. The van der Waals surface area contributed by atoms with Gasteiger partial charge >= 0.3 is 12.1 Å². The fraction of sp³-hybridized carbons (Fsp3) is 0.172. The Morgan fingerprint density at radius 1 is 0.917 bits per heavy atom. The van der Waals surface area contributed by atoms with Gasteiger partial charge in [-0.2, -0.15) is 0 Å². The zero-order valence-electron chi connectivity index (χ0n) is 19.6. The molecule has 36 heavy (non-hydrogen) atoms. The van der Waals surface area contributed by atoms with Gasteiger partial charge in [0.05, 0.1) is 7.11 Å². The van der Waals surface area contributed by atoms with E-state index in [4.69, 9.17) is 9.47 Å². The van der Waals surface area contributed by atoms with E-state index in [1.165, 1.54) is 11.3 Å². The topological polar surface area (TPSA) is 84.9 Å². The monoisotopic (exact) mass is 499 g/mol. The molecule has 1 heterocycles. The molecule has 182 valence electrons. The van der Waals surface area contributed by atoms with Gasteiger partial charge in [-0.15, -0.1) is 11.3 Å². The Morgan fingerprint density at radius 2 is 1.56 bits per heavy atom. The first kappa shape index (κ1) is 23.6. The van der Waals surface area contributed by atoms with Crippen LogP contribution >= 0.6 is 11.3 Å². The Hall–Kier alpha value is -4.10. The predicted octanol–water partition coefficient (Wildman–Crippen LogP) is 5.96. The number of hydrogen-bond donors (Lipinski definition) is 2. The number of carbonyl (C=O) groups excluding carboxylic acids is 1. The molecule has 1 aliphatic carbocycles. The third-order valence-corrected chi connectivity index (χ3v) is 7.53. The fourth-order valence-corrected chi connectivity index (χ4v) is 5.64. The van der Waals surface area contributed by atoms with Crippen molar-refractivity contribution in [2.75, 3.05) is 13.7 Å². The Labute approximate surface area is 213 Å². The van der Waals surface area contributed by atoms with Crippen molar-refractivity contribution in [1.82, 2.24) is 5.32 Å². The molecule has 0 saturated carbocycles. The van der Waals surface area contributed by atoms with E-state index in [1.54, 1.807) is 7.11 Å². The molecule has 2 N–H and O–H groups in total. The standard InChI is InChI=1S/C29H25NO5S/c1-34-19-12-10-18(11-13-19)27-15-14-20(36-27)16-26(28(31)32)30-29(33)35-17-25-23-8-4-2-6-21(23)22-7-3-5-9-24(22)25/h2-15,25-26H,16-17H2,1H3,(H,30,33)(H,31,32). The van der Waals surface area contributed by atoms with E-state index < -0.39 is 18.1 Å². The number of aliphatic carboxylic acids is 1. The van der Waals surface area contributed by atoms with Gasteiger partial charge in [-0.3, -0.25) is 0 Å². The van der Waals surface area contributed by atoms with Crippen molar-refractivity contribution in [3.05, 3.63) is 101 Å². The number of fused-ring (bicyclic) bond motifs is 3. The summed E-state index contributed by atoms with van der Waals surface area (Å²) in [5.41, 5.74) is 5.49. The lowest BCUT2D eigenvalue weighted by atomic mass is 9.98. The summed E-state index contributed by atoms with van der Waals surface area (Å²) in [6.07, 6.45) is -0.573. The van der Waals surface area contributed by atoms with E-state index >= 15 is 0 Å². The number of hydrogen-bond acceptors (Lipinski definition) is 5. The molecule has 0 aliphatic heterocycles. The van der Waals surface area contributed by atoms with Crippen LogP contribution in [0.2, 0.25) is 0 Å². The molecule has 0 spiro atoms. The first-order chi connectivity index (χ1) is 17.5. The van der Waals surface area contributed by atoms with E-state index in [-0.39, 0.29) is 18.9 Å². The summed E-state index contributed by atoms with van der Waals surface area (Å²) >= 11 is 1.49. The summed E-state index contributed by atoms with van der Waals surface area (Å²) < 4.78 is 10.7. The predicted molar refractivity (Wildman–Crippen MR) is 140 cm³/mol. The average Bonchev–Trinajstić information content (AvgIpc) is 3.50. The van der Waals surface area contributed by atoms with Crippen LogP contribution in [0.15, 0.2) is 84.9 Å². The minimum atomic E-state index is -1.11. The van der Waals surface area contributed by atoms with Gasteiger partial charge in [0.2, 0.25) is 0 Å². The van der Waals surface area contributed by atoms with Crippen LogP contribution in [0.3, 0.4) is 0 Å². The number of amides is 1. The quantitative estimate of drug-likeness (QED) is 0.313. The van der Waals surface area contributed by atoms with Crippen molar-refractivity contribution in [2.45, 2.75) is 18.4 Å². The second-order valence-electron chi connectivity index (χ2n) is 8.56.